The minimum atomic E-state index is -0.561. The highest BCUT2D eigenvalue weighted by Gasteiger charge is 2.13. The largest absolute Gasteiger partial charge is 0.390 e. The quantitative estimate of drug-likeness (QED) is 0.274. The molecule has 0 unspecified atom stereocenters. The number of carbonyl (C=O) groups excluding carboxylic acids is 2. The normalized spacial score (nSPS) is 10.6. The van der Waals surface area contributed by atoms with Crippen molar-refractivity contribution in [2.24, 2.45) is 0 Å². The Kier molecular flexibility index (Phi) is 10.8. The van der Waals surface area contributed by atoms with E-state index in [4.69, 9.17) is 4.74 Å². The maximum atomic E-state index is 11.9. The van der Waals surface area contributed by atoms with Gasteiger partial charge in [-0.15, -0.1) is 0 Å². The molecule has 1 rings (SSSR count). The Morgan fingerprint density at radius 3 is 1.96 bits per heavy atom. The number of ether oxygens (including phenoxy) is 1. The number of aryl methyl sites for hydroxylation is 1. The van der Waals surface area contributed by atoms with Crippen LogP contribution in [0.3, 0.4) is 0 Å². The van der Waals surface area contributed by atoms with Crippen LogP contribution in [0.1, 0.15) is 94.0 Å². The third-order valence-corrected chi connectivity index (χ3v) is 4.27. The van der Waals surface area contributed by atoms with Crippen LogP contribution < -0.4 is 0 Å². The fraction of sp³-hybridized carbons (Fsp3) is 0.619. The summed E-state index contributed by atoms with van der Waals surface area (Å²) >= 11 is 0. The van der Waals surface area contributed by atoms with Crippen molar-refractivity contribution in [3.8, 4) is 0 Å². The second-order valence-corrected chi connectivity index (χ2v) is 6.47. The molecule has 24 heavy (non-hydrogen) atoms. The number of carbonyl (C=O) groups is 2. The van der Waals surface area contributed by atoms with E-state index in [1.165, 1.54) is 64.7 Å². The highest BCUT2D eigenvalue weighted by atomic mass is 16.6. The lowest BCUT2D eigenvalue weighted by Gasteiger charge is -2.08. The Hall–Kier alpha value is -1.64. The van der Waals surface area contributed by atoms with Crippen LogP contribution in [-0.4, -0.2) is 11.9 Å². The van der Waals surface area contributed by atoms with E-state index in [0.717, 1.165) is 18.4 Å². The molecule has 0 saturated carbocycles. The van der Waals surface area contributed by atoms with Crippen molar-refractivity contribution in [1.29, 1.82) is 0 Å². The molecule has 0 spiro atoms. The van der Waals surface area contributed by atoms with Gasteiger partial charge in [0.2, 0.25) is 0 Å². The molecule has 0 fully saturated rings. The topological polar surface area (TPSA) is 43.4 Å². The van der Waals surface area contributed by atoms with Crippen molar-refractivity contribution in [3.05, 3.63) is 35.4 Å². The summed E-state index contributed by atoms with van der Waals surface area (Å²) in [6, 6.07) is 7.41. The third kappa shape index (κ3) is 8.85. The van der Waals surface area contributed by atoms with Crippen molar-refractivity contribution in [1.82, 2.24) is 0 Å². The lowest BCUT2D eigenvalue weighted by molar-refractivity contribution is -0.135. The zero-order valence-electron chi connectivity index (χ0n) is 15.3. The van der Waals surface area contributed by atoms with Gasteiger partial charge in [0.1, 0.15) is 0 Å². The molecule has 0 aliphatic rings. The number of benzene rings is 1. The fourth-order valence-electron chi connectivity index (χ4n) is 2.93. The fourth-order valence-corrected chi connectivity index (χ4v) is 2.93. The third-order valence-electron chi connectivity index (χ3n) is 4.27. The molecule has 0 atom stereocenters. The van der Waals surface area contributed by atoms with Crippen LogP contribution in [-0.2, 0) is 16.0 Å². The predicted octanol–water partition coefficient (Wildman–Crippen LogP) is 5.85. The lowest BCUT2D eigenvalue weighted by Crippen LogP contribution is -2.11. The van der Waals surface area contributed by atoms with Crippen molar-refractivity contribution in [2.45, 2.75) is 84.5 Å². The molecule has 0 bridgehead atoms. The summed E-state index contributed by atoms with van der Waals surface area (Å²) in [5.41, 5.74) is 1.49. The standard InChI is InChI=1S/C21H32O3/c1-3-4-5-6-7-8-9-10-11-12-15-19-16-13-14-17-20(19)21(23)24-18(2)22/h13-14,16-17H,3-12,15H2,1-2H3. The van der Waals surface area contributed by atoms with Crippen molar-refractivity contribution < 1.29 is 14.3 Å². The number of esters is 2. The number of rotatable bonds is 12. The van der Waals surface area contributed by atoms with Crippen LogP contribution in [0.4, 0.5) is 0 Å². The van der Waals surface area contributed by atoms with E-state index >= 15 is 0 Å². The molecular formula is C21H32O3. The van der Waals surface area contributed by atoms with Crippen LogP contribution in [0, 0.1) is 0 Å². The summed E-state index contributed by atoms with van der Waals surface area (Å²) in [6.45, 7) is 3.50. The van der Waals surface area contributed by atoms with Crippen LogP contribution >= 0.6 is 0 Å². The monoisotopic (exact) mass is 332 g/mol. The molecule has 1 aromatic carbocycles. The Morgan fingerprint density at radius 2 is 1.38 bits per heavy atom. The molecule has 0 aliphatic heterocycles. The summed E-state index contributed by atoms with van der Waals surface area (Å²) in [6.07, 6.45) is 13.8. The molecule has 0 aromatic heterocycles. The van der Waals surface area contributed by atoms with Gasteiger partial charge >= 0.3 is 11.9 Å². The average molecular weight is 332 g/mol. The van der Waals surface area contributed by atoms with E-state index in [2.05, 4.69) is 6.92 Å². The van der Waals surface area contributed by atoms with E-state index in [-0.39, 0.29) is 0 Å². The number of hydrogen-bond donors (Lipinski definition) is 0. The molecule has 1 aromatic rings. The Labute approximate surface area is 146 Å². The summed E-state index contributed by atoms with van der Waals surface area (Å²) < 4.78 is 4.70. The highest BCUT2D eigenvalue weighted by molar-refractivity contribution is 5.97. The summed E-state index contributed by atoms with van der Waals surface area (Å²) in [4.78, 5) is 22.9. The predicted molar refractivity (Wildman–Crippen MR) is 98.1 cm³/mol. The van der Waals surface area contributed by atoms with Gasteiger partial charge in [0, 0.05) is 6.92 Å². The average Bonchev–Trinajstić information content (AvgIpc) is 2.56. The van der Waals surface area contributed by atoms with Gasteiger partial charge in [0.15, 0.2) is 0 Å². The Bertz CT molecular complexity index is 494. The minimum absolute atomic E-state index is 0.517. The molecule has 0 N–H and O–H groups in total. The molecule has 0 radical (unpaired) electrons. The van der Waals surface area contributed by atoms with Crippen molar-refractivity contribution in [3.63, 3.8) is 0 Å². The van der Waals surface area contributed by atoms with Gasteiger partial charge < -0.3 is 4.74 Å². The van der Waals surface area contributed by atoms with Gasteiger partial charge in [-0.1, -0.05) is 82.9 Å². The van der Waals surface area contributed by atoms with Crippen LogP contribution in [0.25, 0.3) is 0 Å². The highest BCUT2D eigenvalue weighted by Crippen LogP contribution is 2.16. The molecule has 0 heterocycles. The zero-order valence-corrected chi connectivity index (χ0v) is 15.3. The SMILES string of the molecule is CCCCCCCCCCCCc1ccccc1C(=O)OC(C)=O. The molecule has 3 nitrogen and oxygen atoms in total. The lowest BCUT2D eigenvalue weighted by atomic mass is 10.00. The summed E-state index contributed by atoms with van der Waals surface area (Å²) in [5, 5.41) is 0. The second kappa shape index (κ2) is 12.7. The number of unbranched alkanes of at least 4 members (excludes halogenated alkanes) is 9. The maximum Gasteiger partial charge on any atom is 0.346 e. The van der Waals surface area contributed by atoms with Crippen LogP contribution in [0.5, 0.6) is 0 Å². The van der Waals surface area contributed by atoms with Gasteiger partial charge in [0.05, 0.1) is 5.56 Å². The van der Waals surface area contributed by atoms with Crippen molar-refractivity contribution in [2.75, 3.05) is 0 Å². The smallest absolute Gasteiger partial charge is 0.346 e. The van der Waals surface area contributed by atoms with Gasteiger partial charge in [-0.05, 0) is 24.5 Å². The molecule has 0 aliphatic carbocycles. The minimum Gasteiger partial charge on any atom is -0.390 e. The van der Waals surface area contributed by atoms with E-state index < -0.39 is 11.9 Å². The van der Waals surface area contributed by atoms with Gasteiger partial charge in [-0.2, -0.15) is 0 Å². The second-order valence-electron chi connectivity index (χ2n) is 6.47. The zero-order chi connectivity index (χ0) is 17.6. The number of hydrogen-bond acceptors (Lipinski definition) is 3. The van der Waals surface area contributed by atoms with Gasteiger partial charge in [-0.3, -0.25) is 4.79 Å². The first-order chi connectivity index (χ1) is 11.6. The molecule has 134 valence electrons. The van der Waals surface area contributed by atoms with Gasteiger partial charge in [-0.25, -0.2) is 4.79 Å². The first-order valence-electron chi connectivity index (χ1n) is 9.45. The first kappa shape index (κ1) is 20.4. The molecular weight excluding hydrogens is 300 g/mol. The maximum absolute atomic E-state index is 11.9. The summed E-state index contributed by atoms with van der Waals surface area (Å²) in [7, 11) is 0. The molecule has 3 heteroatoms. The van der Waals surface area contributed by atoms with E-state index in [1.807, 2.05) is 12.1 Å². The molecule has 0 saturated heterocycles. The van der Waals surface area contributed by atoms with E-state index in [9.17, 15) is 9.59 Å². The van der Waals surface area contributed by atoms with Gasteiger partial charge in [0.25, 0.3) is 0 Å². The summed E-state index contributed by atoms with van der Waals surface area (Å²) in [5.74, 6) is -1.10. The first-order valence-corrected chi connectivity index (χ1v) is 9.45. The Balaban J connectivity index is 2.21. The molecule has 0 amide bonds. The van der Waals surface area contributed by atoms with E-state index in [0.29, 0.717) is 5.56 Å². The van der Waals surface area contributed by atoms with Crippen molar-refractivity contribution >= 4 is 11.9 Å². The van der Waals surface area contributed by atoms with Crippen LogP contribution in [0.15, 0.2) is 24.3 Å². The Morgan fingerprint density at radius 1 is 0.833 bits per heavy atom. The van der Waals surface area contributed by atoms with E-state index in [1.54, 1.807) is 12.1 Å². The van der Waals surface area contributed by atoms with Crippen LogP contribution in [0.2, 0.25) is 0 Å².